The Hall–Kier alpha value is -1.08. The SMILES string of the molecule is CCC(CC#N)NC(=O)COC(C)(C)C. The smallest absolute Gasteiger partial charge is 0.246 e. The number of carbonyl (C=O) groups excluding carboxylic acids is 1. The van der Waals surface area contributed by atoms with Crippen molar-refractivity contribution in [3.8, 4) is 6.07 Å². The van der Waals surface area contributed by atoms with Crippen molar-refractivity contribution in [3.63, 3.8) is 0 Å². The lowest BCUT2D eigenvalue weighted by Crippen LogP contribution is -2.38. The number of nitrogens with zero attached hydrogens (tertiary/aromatic N) is 1. The maximum absolute atomic E-state index is 11.4. The van der Waals surface area contributed by atoms with Gasteiger partial charge in [-0.05, 0) is 27.2 Å². The Morgan fingerprint density at radius 1 is 1.53 bits per heavy atom. The topological polar surface area (TPSA) is 62.1 Å². The van der Waals surface area contributed by atoms with E-state index in [0.29, 0.717) is 6.42 Å². The molecule has 1 unspecified atom stereocenters. The number of ether oxygens (including phenoxy) is 1. The summed E-state index contributed by atoms with van der Waals surface area (Å²) in [5.41, 5.74) is -0.311. The van der Waals surface area contributed by atoms with Gasteiger partial charge in [-0.15, -0.1) is 0 Å². The lowest BCUT2D eigenvalue weighted by molar-refractivity contribution is -0.131. The molecule has 0 saturated carbocycles. The Kier molecular flexibility index (Phi) is 5.95. The summed E-state index contributed by atoms with van der Waals surface area (Å²) in [6, 6.07) is 1.98. The zero-order valence-corrected chi connectivity index (χ0v) is 9.96. The summed E-state index contributed by atoms with van der Waals surface area (Å²) in [6.45, 7) is 7.67. The summed E-state index contributed by atoms with van der Waals surface area (Å²) in [7, 11) is 0. The van der Waals surface area contributed by atoms with E-state index in [1.165, 1.54) is 0 Å². The van der Waals surface area contributed by atoms with Crippen molar-refractivity contribution in [1.82, 2.24) is 5.32 Å². The van der Waals surface area contributed by atoms with Crippen LogP contribution in [0.5, 0.6) is 0 Å². The average Bonchev–Trinajstić information content (AvgIpc) is 2.13. The summed E-state index contributed by atoms with van der Waals surface area (Å²) in [5, 5.41) is 11.3. The second-order valence-corrected chi connectivity index (χ2v) is 4.44. The van der Waals surface area contributed by atoms with Crippen LogP contribution in [0, 0.1) is 11.3 Å². The minimum atomic E-state index is -0.311. The predicted octanol–water partition coefficient (Wildman–Crippen LogP) is 1.61. The lowest BCUT2D eigenvalue weighted by Gasteiger charge is -2.20. The third-order valence-electron chi connectivity index (χ3n) is 1.83. The van der Waals surface area contributed by atoms with E-state index in [1.54, 1.807) is 0 Å². The first-order valence-electron chi connectivity index (χ1n) is 5.19. The van der Waals surface area contributed by atoms with Crippen molar-refractivity contribution in [2.75, 3.05) is 6.61 Å². The van der Waals surface area contributed by atoms with Gasteiger partial charge in [-0.1, -0.05) is 6.92 Å². The van der Waals surface area contributed by atoms with Crippen LogP contribution < -0.4 is 5.32 Å². The van der Waals surface area contributed by atoms with E-state index in [4.69, 9.17) is 10.00 Å². The molecular weight excluding hydrogens is 192 g/mol. The highest BCUT2D eigenvalue weighted by Crippen LogP contribution is 2.06. The van der Waals surface area contributed by atoms with Crippen LogP contribution in [0.4, 0.5) is 0 Å². The fourth-order valence-electron chi connectivity index (χ4n) is 0.959. The quantitative estimate of drug-likeness (QED) is 0.753. The number of rotatable bonds is 5. The van der Waals surface area contributed by atoms with E-state index < -0.39 is 0 Å². The maximum atomic E-state index is 11.4. The van der Waals surface area contributed by atoms with Crippen LogP contribution in [0.25, 0.3) is 0 Å². The number of nitrogens with one attached hydrogen (secondary N) is 1. The maximum Gasteiger partial charge on any atom is 0.246 e. The van der Waals surface area contributed by atoms with Gasteiger partial charge in [0.25, 0.3) is 0 Å². The van der Waals surface area contributed by atoms with Crippen LogP contribution in [0.3, 0.4) is 0 Å². The highest BCUT2D eigenvalue weighted by Gasteiger charge is 2.14. The van der Waals surface area contributed by atoms with E-state index in [9.17, 15) is 4.79 Å². The molecule has 4 heteroatoms. The zero-order valence-electron chi connectivity index (χ0n) is 9.96. The predicted molar refractivity (Wildman–Crippen MR) is 58.2 cm³/mol. The van der Waals surface area contributed by atoms with Gasteiger partial charge in [-0.3, -0.25) is 4.79 Å². The summed E-state index contributed by atoms with van der Waals surface area (Å²) >= 11 is 0. The molecule has 0 aliphatic rings. The van der Waals surface area contributed by atoms with Crippen LogP contribution >= 0.6 is 0 Å². The van der Waals surface area contributed by atoms with Crippen LogP contribution in [-0.2, 0) is 9.53 Å². The van der Waals surface area contributed by atoms with E-state index in [2.05, 4.69) is 5.32 Å². The Morgan fingerprint density at radius 2 is 2.13 bits per heavy atom. The first kappa shape index (κ1) is 13.9. The highest BCUT2D eigenvalue weighted by atomic mass is 16.5. The molecule has 0 aliphatic heterocycles. The second kappa shape index (κ2) is 6.41. The van der Waals surface area contributed by atoms with Crippen LogP contribution in [0.1, 0.15) is 40.5 Å². The fraction of sp³-hybridized carbons (Fsp3) is 0.818. The van der Waals surface area contributed by atoms with Gasteiger partial charge < -0.3 is 10.1 Å². The molecule has 0 spiro atoms. The van der Waals surface area contributed by atoms with E-state index in [-0.39, 0.29) is 24.2 Å². The largest absolute Gasteiger partial charge is 0.366 e. The Balaban J connectivity index is 3.87. The number of nitriles is 1. The average molecular weight is 212 g/mol. The molecule has 0 aromatic rings. The van der Waals surface area contributed by atoms with E-state index in [1.807, 2.05) is 33.8 Å². The van der Waals surface area contributed by atoms with Crippen molar-refractivity contribution in [2.24, 2.45) is 0 Å². The summed E-state index contributed by atoms with van der Waals surface area (Å²) in [5.74, 6) is -0.160. The number of hydrogen-bond acceptors (Lipinski definition) is 3. The van der Waals surface area contributed by atoms with Crippen molar-refractivity contribution in [2.45, 2.75) is 52.2 Å². The normalized spacial score (nSPS) is 13.0. The molecule has 86 valence electrons. The molecule has 0 heterocycles. The zero-order chi connectivity index (χ0) is 11.9. The third kappa shape index (κ3) is 7.95. The van der Waals surface area contributed by atoms with Crippen LogP contribution in [0.2, 0.25) is 0 Å². The minimum Gasteiger partial charge on any atom is -0.366 e. The van der Waals surface area contributed by atoms with Gasteiger partial charge in [0.2, 0.25) is 5.91 Å². The van der Waals surface area contributed by atoms with Gasteiger partial charge in [0.1, 0.15) is 6.61 Å². The van der Waals surface area contributed by atoms with Crippen molar-refractivity contribution in [3.05, 3.63) is 0 Å². The molecule has 0 rings (SSSR count). The van der Waals surface area contributed by atoms with Crippen molar-refractivity contribution < 1.29 is 9.53 Å². The molecule has 0 bridgehead atoms. The van der Waals surface area contributed by atoms with Gasteiger partial charge in [0.15, 0.2) is 0 Å². The van der Waals surface area contributed by atoms with Crippen molar-refractivity contribution in [1.29, 1.82) is 5.26 Å². The fourth-order valence-corrected chi connectivity index (χ4v) is 0.959. The molecular formula is C11H20N2O2. The van der Waals surface area contributed by atoms with Gasteiger partial charge in [0, 0.05) is 6.04 Å². The van der Waals surface area contributed by atoms with Crippen LogP contribution in [0.15, 0.2) is 0 Å². The Morgan fingerprint density at radius 3 is 2.53 bits per heavy atom. The Labute approximate surface area is 91.6 Å². The number of carbonyl (C=O) groups is 1. The molecule has 0 aromatic carbocycles. The standard InChI is InChI=1S/C11H20N2O2/c1-5-9(6-7-12)13-10(14)8-15-11(2,3)4/h9H,5-6,8H2,1-4H3,(H,13,14). The molecule has 15 heavy (non-hydrogen) atoms. The molecule has 0 saturated heterocycles. The summed E-state index contributed by atoms with van der Waals surface area (Å²) < 4.78 is 5.32. The molecule has 1 amide bonds. The molecule has 1 atom stereocenters. The van der Waals surface area contributed by atoms with Crippen molar-refractivity contribution >= 4 is 5.91 Å². The van der Waals surface area contributed by atoms with E-state index in [0.717, 1.165) is 6.42 Å². The minimum absolute atomic E-state index is 0.0471. The first-order valence-corrected chi connectivity index (χ1v) is 5.19. The first-order chi connectivity index (χ1) is 6.89. The summed E-state index contributed by atoms with van der Waals surface area (Å²) in [4.78, 5) is 11.4. The molecule has 1 N–H and O–H groups in total. The van der Waals surface area contributed by atoms with Gasteiger partial charge >= 0.3 is 0 Å². The molecule has 0 aromatic heterocycles. The highest BCUT2D eigenvalue weighted by molar-refractivity contribution is 5.77. The van der Waals surface area contributed by atoms with Gasteiger partial charge in [0.05, 0.1) is 18.1 Å². The van der Waals surface area contributed by atoms with Gasteiger partial charge in [-0.25, -0.2) is 0 Å². The summed E-state index contributed by atoms with van der Waals surface area (Å²) in [6.07, 6.45) is 1.10. The molecule has 4 nitrogen and oxygen atoms in total. The lowest BCUT2D eigenvalue weighted by atomic mass is 10.1. The van der Waals surface area contributed by atoms with Gasteiger partial charge in [-0.2, -0.15) is 5.26 Å². The monoisotopic (exact) mass is 212 g/mol. The number of hydrogen-bond donors (Lipinski definition) is 1. The van der Waals surface area contributed by atoms with Crippen LogP contribution in [-0.4, -0.2) is 24.2 Å². The number of amides is 1. The molecule has 0 fully saturated rings. The molecule has 0 aliphatic carbocycles. The third-order valence-corrected chi connectivity index (χ3v) is 1.83. The molecule has 0 radical (unpaired) electrons. The van der Waals surface area contributed by atoms with E-state index >= 15 is 0 Å². The Bertz CT molecular complexity index is 238. The second-order valence-electron chi connectivity index (χ2n) is 4.44.